The van der Waals surface area contributed by atoms with Crippen LogP contribution in [0.25, 0.3) is 10.9 Å². The second-order valence-corrected chi connectivity index (χ2v) is 6.84. The van der Waals surface area contributed by atoms with Crippen LogP contribution < -0.4 is 5.32 Å². The third-order valence-electron chi connectivity index (χ3n) is 4.74. The Morgan fingerprint density at radius 3 is 3.00 bits per heavy atom. The summed E-state index contributed by atoms with van der Waals surface area (Å²) in [6.07, 6.45) is 2.34. The topological polar surface area (TPSA) is 90.1 Å². The lowest BCUT2D eigenvalue weighted by Gasteiger charge is -2.10. The number of aromatic nitrogens is 3. The van der Waals surface area contributed by atoms with Crippen LogP contribution in [0.2, 0.25) is 0 Å². The van der Waals surface area contributed by atoms with Gasteiger partial charge in [-0.25, -0.2) is 0 Å². The van der Waals surface area contributed by atoms with E-state index in [1.807, 2.05) is 38.1 Å². The summed E-state index contributed by atoms with van der Waals surface area (Å²) in [5.74, 6) is 0.978. The van der Waals surface area contributed by atoms with Crippen LogP contribution in [-0.4, -0.2) is 34.2 Å². The van der Waals surface area contributed by atoms with Crippen LogP contribution in [0.1, 0.15) is 52.3 Å². The van der Waals surface area contributed by atoms with Crippen molar-refractivity contribution in [3.63, 3.8) is 0 Å². The number of rotatable bonds is 5. The lowest BCUT2D eigenvalue weighted by Crippen LogP contribution is -2.26. The summed E-state index contributed by atoms with van der Waals surface area (Å²) in [5, 5.41) is 7.78. The second-order valence-electron chi connectivity index (χ2n) is 6.84. The number of benzene rings is 1. The zero-order chi connectivity index (χ0) is 18.8. The number of pyridine rings is 1. The molecule has 2 aromatic heterocycles. The Labute approximate surface area is 157 Å². The number of para-hydroxylation sites is 1. The van der Waals surface area contributed by atoms with Gasteiger partial charge in [0.15, 0.2) is 5.82 Å². The van der Waals surface area contributed by atoms with Crippen LogP contribution in [-0.2, 0) is 11.2 Å². The largest absolute Gasteiger partial charge is 0.368 e. The van der Waals surface area contributed by atoms with Crippen molar-refractivity contribution in [2.45, 2.75) is 39.2 Å². The van der Waals surface area contributed by atoms with Crippen LogP contribution >= 0.6 is 0 Å². The first-order valence-corrected chi connectivity index (χ1v) is 9.21. The summed E-state index contributed by atoms with van der Waals surface area (Å²) in [5.41, 5.74) is 3.37. The minimum Gasteiger partial charge on any atom is -0.368 e. The van der Waals surface area contributed by atoms with E-state index in [9.17, 15) is 4.79 Å². The molecule has 1 atom stereocenters. The van der Waals surface area contributed by atoms with Gasteiger partial charge in [-0.15, -0.1) is 0 Å². The number of hydrogen-bond donors (Lipinski definition) is 1. The molecule has 0 spiro atoms. The molecule has 1 aromatic carbocycles. The maximum atomic E-state index is 12.7. The molecule has 1 unspecified atom stereocenters. The van der Waals surface area contributed by atoms with Gasteiger partial charge < -0.3 is 14.6 Å². The maximum absolute atomic E-state index is 12.7. The first kappa shape index (κ1) is 17.6. The van der Waals surface area contributed by atoms with Gasteiger partial charge in [0.25, 0.3) is 11.8 Å². The van der Waals surface area contributed by atoms with E-state index < -0.39 is 0 Å². The molecule has 1 saturated heterocycles. The second kappa shape index (κ2) is 7.44. The lowest BCUT2D eigenvalue weighted by atomic mass is 10.0. The van der Waals surface area contributed by atoms with E-state index in [2.05, 4.69) is 20.4 Å². The molecule has 0 radical (unpaired) electrons. The normalized spacial score (nSPS) is 16.7. The van der Waals surface area contributed by atoms with Crippen molar-refractivity contribution in [2.75, 3.05) is 13.2 Å². The Morgan fingerprint density at radius 1 is 1.30 bits per heavy atom. The first-order valence-electron chi connectivity index (χ1n) is 9.21. The molecular weight excluding hydrogens is 344 g/mol. The van der Waals surface area contributed by atoms with Crippen molar-refractivity contribution >= 4 is 16.8 Å². The summed E-state index contributed by atoms with van der Waals surface area (Å²) < 4.78 is 10.8. The molecule has 1 aliphatic heterocycles. The third kappa shape index (κ3) is 3.68. The fraction of sp³-hybridized carbons (Fsp3) is 0.400. The van der Waals surface area contributed by atoms with Crippen molar-refractivity contribution in [2.24, 2.45) is 0 Å². The van der Waals surface area contributed by atoms with Gasteiger partial charge >= 0.3 is 0 Å². The Balaban J connectivity index is 1.43. The van der Waals surface area contributed by atoms with Crippen molar-refractivity contribution in [3.8, 4) is 0 Å². The smallest absolute Gasteiger partial charge is 0.255 e. The molecule has 7 nitrogen and oxygen atoms in total. The average molecular weight is 366 g/mol. The number of carbonyl (C=O) groups excluding carboxylic acids is 1. The van der Waals surface area contributed by atoms with E-state index in [4.69, 9.17) is 9.26 Å². The van der Waals surface area contributed by atoms with E-state index in [1.165, 1.54) is 0 Å². The predicted molar refractivity (Wildman–Crippen MR) is 99.5 cm³/mol. The quantitative estimate of drug-likeness (QED) is 0.746. The number of nitrogens with one attached hydrogen (secondary N) is 1. The fourth-order valence-corrected chi connectivity index (χ4v) is 3.36. The van der Waals surface area contributed by atoms with Gasteiger partial charge in [-0.05, 0) is 38.3 Å². The SMILES string of the molecule is Cc1cc(C(=O)NCCc2noc(C3CCCO3)n2)c2cccc(C)c2n1. The van der Waals surface area contributed by atoms with E-state index in [-0.39, 0.29) is 12.0 Å². The summed E-state index contributed by atoms with van der Waals surface area (Å²) in [4.78, 5) is 21.6. The summed E-state index contributed by atoms with van der Waals surface area (Å²) >= 11 is 0. The molecule has 0 saturated carbocycles. The van der Waals surface area contributed by atoms with E-state index in [0.717, 1.165) is 41.6 Å². The standard InChI is InChI=1S/C20H22N4O3/c1-12-5-3-6-14-15(11-13(2)22-18(12)14)19(25)21-9-8-17-23-20(27-24-17)16-7-4-10-26-16/h3,5-6,11,16H,4,7-10H2,1-2H3,(H,21,25). The zero-order valence-electron chi connectivity index (χ0n) is 15.5. The molecule has 7 heteroatoms. The minimum absolute atomic E-state index is 0.0877. The molecular formula is C20H22N4O3. The average Bonchev–Trinajstić information content (AvgIpc) is 3.33. The van der Waals surface area contributed by atoms with Gasteiger partial charge in [0.1, 0.15) is 6.10 Å². The van der Waals surface area contributed by atoms with Crippen LogP contribution in [0.15, 0.2) is 28.8 Å². The molecule has 4 rings (SSSR count). The Hall–Kier alpha value is -2.80. The Bertz CT molecular complexity index is 977. The van der Waals surface area contributed by atoms with E-state index in [0.29, 0.717) is 30.2 Å². The van der Waals surface area contributed by atoms with Crippen molar-refractivity contribution in [3.05, 3.63) is 52.8 Å². The predicted octanol–water partition coefficient (Wildman–Crippen LogP) is 3.06. The monoisotopic (exact) mass is 366 g/mol. The number of fused-ring (bicyclic) bond motifs is 1. The lowest BCUT2D eigenvalue weighted by molar-refractivity contribution is 0.0835. The fourth-order valence-electron chi connectivity index (χ4n) is 3.36. The molecule has 0 aliphatic carbocycles. The molecule has 1 fully saturated rings. The van der Waals surface area contributed by atoms with E-state index >= 15 is 0 Å². The molecule has 1 N–H and O–H groups in total. The zero-order valence-corrected chi connectivity index (χ0v) is 15.5. The Morgan fingerprint density at radius 2 is 2.19 bits per heavy atom. The number of carbonyl (C=O) groups is 1. The van der Waals surface area contributed by atoms with Crippen LogP contribution in [0.3, 0.4) is 0 Å². The van der Waals surface area contributed by atoms with Gasteiger partial charge in [0, 0.05) is 30.7 Å². The van der Waals surface area contributed by atoms with Crippen LogP contribution in [0, 0.1) is 13.8 Å². The van der Waals surface area contributed by atoms with Gasteiger partial charge in [0.05, 0.1) is 11.1 Å². The molecule has 27 heavy (non-hydrogen) atoms. The Kier molecular flexibility index (Phi) is 4.85. The summed E-state index contributed by atoms with van der Waals surface area (Å²) in [6.45, 7) is 5.06. The summed E-state index contributed by atoms with van der Waals surface area (Å²) in [6, 6.07) is 7.69. The third-order valence-corrected chi connectivity index (χ3v) is 4.74. The highest BCUT2D eigenvalue weighted by Gasteiger charge is 2.23. The number of aryl methyl sites for hydroxylation is 2. The van der Waals surface area contributed by atoms with Gasteiger partial charge in [-0.3, -0.25) is 9.78 Å². The van der Waals surface area contributed by atoms with Crippen LogP contribution in [0.5, 0.6) is 0 Å². The van der Waals surface area contributed by atoms with Gasteiger partial charge in [0.2, 0.25) is 0 Å². The molecule has 3 aromatic rings. The van der Waals surface area contributed by atoms with Crippen molar-refractivity contribution in [1.29, 1.82) is 0 Å². The molecule has 0 bridgehead atoms. The van der Waals surface area contributed by atoms with Gasteiger partial charge in [-0.2, -0.15) is 4.98 Å². The van der Waals surface area contributed by atoms with Gasteiger partial charge in [-0.1, -0.05) is 23.4 Å². The number of nitrogens with zero attached hydrogens (tertiary/aromatic N) is 3. The summed E-state index contributed by atoms with van der Waals surface area (Å²) in [7, 11) is 0. The molecule has 140 valence electrons. The molecule has 1 aliphatic rings. The minimum atomic E-state index is -0.126. The highest BCUT2D eigenvalue weighted by molar-refractivity contribution is 6.06. The molecule has 3 heterocycles. The number of ether oxygens (including phenoxy) is 1. The number of hydrogen-bond acceptors (Lipinski definition) is 6. The highest BCUT2D eigenvalue weighted by Crippen LogP contribution is 2.27. The molecule has 1 amide bonds. The maximum Gasteiger partial charge on any atom is 0.255 e. The highest BCUT2D eigenvalue weighted by atomic mass is 16.5. The van der Waals surface area contributed by atoms with E-state index in [1.54, 1.807) is 0 Å². The first-order chi connectivity index (χ1) is 13.1. The van der Waals surface area contributed by atoms with Crippen molar-refractivity contribution in [1.82, 2.24) is 20.4 Å². The van der Waals surface area contributed by atoms with Crippen molar-refractivity contribution < 1.29 is 14.1 Å². The van der Waals surface area contributed by atoms with Crippen LogP contribution in [0.4, 0.5) is 0 Å². The number of amides is 1.